The fourth-order valence-electron chi connectivity index (χ4n) is 1.71. The maximum Gasteiger partial charge on any atom is 0.114 e. The number of halogens is 1. The quantitative estimate of drug-likeness (QED) is 0.679. The van der Waals surface area contributed by atoms with Crippen molar-refractivity contribution in [3.05, 3.63) is 47.5 Å². The van der Waals surface area contributed by atoms with Crippen molar-refractivity contribution in [2.24, 2.45) is 0 Å². The van der Waals surface area contributed by atoms with Crippen molar-refractivity contribution < 1.29 is 0 Å². The molecule has 0 spiro atoms. The van der Waals surface area contributed by atoms with Crippen LogP contribution in [0.15, 0.2) is 36.8 Å². The second kappa shape index (κ2) is 4.47. The smallest absolute Gasteiger partial charge is 0.114 e. The van der Waals surface area contributed by atoms with Crippen molar-refractivity contribution in [2.45, 2.75) is 12.4 Å². The van der Waals surface area contributed by atoms with Gasteiger partial charge in [0, 0.05) is 6.20 Å². The molecule has 5 heteroatoms. The Labute approximate surface area is 108 Å². The molecular weight excluding hydrogens is 254 g/mol. The number of fused-ring (bicyclic) bond motifs is 1. The summed E-state index contributed by atoms with van der Waals surface area (Å²) in [4.78, 5) is 8.77. The molecule has 2 aromatic heterocycles. The first kappa shape index (κ1) is 10.7. The standard InChI is InChI=1S/C12H10ClN3S/c13-5-9-6-16(8-14-9)7-12-15-10-3-1-2-4-11(10)17-12/h1-4,6,8H,5,7H2. The summed E-state index contributed by atoms with van der Waals surface area (Å²) in [5.74, 6) is 0.451. The van der Waals surface area contributed by atoms with Crippen molar-refractivity contribution in [1.29, 1.82) is 0 Å². The number of hydrogen-bond donors (Lipinski definition) is 0. The van der Waals surface area contributed by atoms with Gasteiger partial charge >= 0.3 is 0 Å². The largest absolute Gasteiger partial charge is 0.330 e. The second-order valence-electron chi connectivity index (χ2n) is 3.75. The van der Waals surface area contributed by atoms with E-state index in [1.165, 1.54) is 4.70 Å². The highest BCUT2D eigenvalue weighted by molar-refractivity contribution is 7.18. The zero-order valence-corrected chi connectivity index (χ0v) is 10.6. The van der Waals surface area contributed by atoms with Gasteiger partial charge < -0.3 is 4.57 Å². The molecule has 0 amide bonds. The van der Waals surface area contributed by atoms with Crippen LogP contribution in [0.25, 0.3) is 10.2 Å². The lowest BCUT2D eigenvalue weighted by Crippen LogP contribution is -1.95. The number of imidazole rings is 1. The number of hydrogen-bond acceptors (Lipinski definition) is 3. The Hall–Kier alpha value is -1.39. The van der Waals surface area contributed by atoms with Crippen LogP contribution in [0.4, 0.5) is 0 Å². The minimum absolute atomic E-state index is 0.451. The highest BCUT2D eigenvalue weighted by atomic mass is 35.5. The van der Waals surface area contributed by atoms with Crippen LogP contribution in [0.3, 0.4) is 0 Å². The van der Waals surface area contributed by atoms with E-state index in [2.05, 4.69) is 16.0 Å². The summed E-state index contributed by atoms with van der Waals surface area (Å²) >= 11 is 7.43. The number of rotatable bonds is 3. The Balaban J connectivity index is 1.89. The first-order valence-corrected chi connectivity index (χ1v) is 6.61. The van der Waals surface area contributed by atoms with Crippen LogP contribution in [0, 0.1) is 0 Å². The lowest BCUT2D eigenvalue weighted by atomic mass is 10.3. The molecular formula is C12H10ClN3S. The summed E-state index contributed by atoms with van der Waals surface area (Å²) in [6.07, 6.45) is 3.75. The molecule has 1 aromatic carbocycles. The van der Waals surface area contributed by atoms with E-state index < -0.39 is 0 Å². The van der Waals surface area contributed by atoms with Gasteiger partial charge in [-0.1, -0.05) is 12.1 Å². The lowest BCUT2D eigenvalue weighted by molar-refractivity contribution is 0.792. The van der Waals surface area contributed by atoms with E-state index in [0.717, 1.165) is 22.8 Å². The molecule has 3 nitrogen and oxygen atoms in total. The van der Waals surface area contributed by atoms with Crippen LogP contribution >= 0.6 is 22.9 Å². The van der Waals surface area contributed by atoms with Gasteiger partial charge in [0.15, 0.2) is 0 Å². The van der Waals surface area contributed by atoms with Crippen LogP contribution in [0.1, 0.15) is 10.7 Å². The fraction of sp³-hybridized carbons (Fsp3) is 0.167. The zero-order chi connectivity index (χ0) is 11.7. The Morgan fingerprint density at radius 3 is 2.94 bits per heavy atom. The maximum atomic E-state index is 5.72. The number of alkyl halides is 1. The van der Waals surface area contributed by atoms with Gasteiger partial charge in [0.2, 0.25) is 0 Å². The maximum absolute atomic E-state index is 5.72. The van der Waals surface area contributed by atoms with E-state index in [-0.39, 0.29) is 0 Å². The number of aromatic nitrogens is 3. The molecule has 0 aliphatic carbocycles. The van der Waals surface area contributed by atoms with E-state index in [1.807, 2.05) is 29.0 Å². The monoisotopic (exact) mass is 263 g/mol. The topological polar surface area (TPSA) is 30.7 Å². The average Bonchev–Trinajstić information content (AvgIpc) is 2.94. The van der Waals surface area contributed by atoms with E-state index in [1.54, 1.807) is 17.7 Å². The Kier molecular flexibility index (Phi) is 2.82. The highest BCUT2D eigenvalue weighted by Gasteiger charge is 2.04. The molecule has 2 heterocycles. The zero-order valence-electron chi connectivity index (χ0n) is 9.01. The minimum Gasteiger partial charge on any atom is -0.330 e. The second-order valence-corrected chi connectivity index (χ2v) is 5.13. The number of benzene rings is 1. The van der Waals surface area contributed by atoms with E-state index in [4.69, 9.17) is 11.6 Å². The predicted octanol–water partition coefficient (Wildman–Crippen LogP) is 3.28. The molecule has 0 bridgehead atoms. The summed E-state index contributed by atoms with van der Waals surface area (Å²) in [5.41, 5.74) is 1.96. The molecule has 0 aliphatic heterocycles. The van der Waals surface area contributed by atoms with Crippen molar-refractivity contribution in [3.8, 4) is 0 Å². The third kappa shape index (κ3) is 2.18. The van der Waals surface area contributed by atoms with Gasteiger partial charge in [0.05, 0.1) is 34.7 Å². The molecule has 0 radical (unpaired) electrons. The Bertz CT molecular complexity index is 611. The van der Waals surface area contributed by atoms with Crippen LogP contribution in [0.2, 0.25) is 0 Å². The Morgan fingerprint density at radius 1 is 1.29 bits per heavy atom. The fourth-order valence-corrected chi connectivity index (χ4v) is 2.82. The molecule has 17 heavy (non-hydrogen) atoms. The van der Waals surface area contributed by atoms with Crippen LogP contribution in [-0.4, -0.2) is 14.5 Å². The van der Waals surface area contributed by atoms with Gasteiger partial charge in [0.25, 0.3) is 0 Å². The predicted molar refractivity (Wildman–Crippen MR) is 70.5 cm³/mol. The van der Waals surface area contributed by atoms with Crippen LogP contribution in [0.5, 0.6) is 0 Å². The molecule has 0 saturated heterocycles. The molecule has 0 aliphatic rings. The van der Waals surface area contributed by atoms with Gasteiger partial charge in [-0.3, -0.25) is 0 Å². The van der Waals surface area contributed by atoms with E-state index in [9.17, 15) is 0 Å². The summed E-state index contributed by atoms with van der Waals surface area (Å²) in [6, 6.07) is 8.17. The van der Waals surface area contributed by atoms with E-state index in [0.29, 0.717) is 5.88 Å². The molecule has 0 atom stereocenters. The molecule has 0 saturated carbocycles. The molecule has 3 aromatic rings. The molecule has 3 rings (SSSR count). The normalized spacial score (nSPS) is 11.1. The summed E-state index contributed by atoms with van der Waals surface area (Å²) in [7, 11) is 0. The van der Waals surface area contributed by atoms with Gasteiger partial charge in [-0.2, -0.15) is 0 Å². The van der Waals surface area contributed by atoms with Crippen molar-refractivity contribution in [3.63, 3.8) is 0 Å². The van der Waals surface area contributed by atoms with Gasteiger partial charge in [-0.15, -0.1) is 22.9 Å². The third-order valence-electron chi connectivity index (χ3n) is 2.48. The van der Waals surface area contributed by atoms with Gasteiger partial charge in [0.1, 0.15) is 5.01 Å². The third-order valence-corrected chi connectivity index (χ3v) is 3.77. The van der Waals surface area contributed by atoms with Crippen molar-refractivity contribution in [2.75, 3.05) is 0 Å². The molecule has 86 valence electrons. The van der Waals surface area contributed by atoms with Crippen LogP contribution in [-0.2, 0) is 12.4 Å². The summed E-state index contributed by atoms with van der Waals surface area (Å²) in [6.45, 7) is 0.753. The summed E-state index contributed by atoms with van der Waals surface area (Å²) < 4.78 is 3.23. The molecule has 0 fully saturated rings. The molecule has 0 unspecified atom stereocenters. The minimum atomic E-state index is 0.451. The summed E-state index contributed by atoms with van der Waals surface area (Å²) in [5, 5.41) is 1.09. The van der Waals surface area contributed by atoms with Gasteiger partial charge in [-0.25, -0.2) is 9.97 Å². The van der Waals surface area contributed by atoms with E-state index >= 15 is 0 Å². The number of para-hydroxylation sites is 1. The number of thiazole rings is 1. The van der Waals surface area contributed by atoms with Crippen molar-refractivity contribution in [1.82, 2.24) is 14.5 Å². The van der Waals surface area contributed by atoms with Gasteiger partial charge in [-0.05, 0) is 12.1 Å². The first-order chi connectivity index (χ1) is 8.35. The molecule has 0 N–H and O–H groups in total. The van der Waals surface area contributed by atoms with Crippen LogP contribution < -0.4 is 0 Å². The highest BCUT2D eigenvalue weighted by Crippen LogP contribution is 2.22. The lowest BCUT2D eigenvalue weighted by Gasteiger charge is -1.95. The number of nitrogens with zero attached hydrogens (tertiary/aromatic N) is 3. The Morgan fingerprint density at radius 2 is 2.18 bits per heavy atom. The SMILES string of the molecule is ClCc1cn(Cc2nc3ccccc3s2)cn1. The average molecular weight is 264 g/mol. The first-order valence-electron chi connectivity index (χ1n) is 5.26. The van der Waals surface area contributed by atoms with Crippen molar-refractivity contribution >= 4 is 33.2 Å².